The van der Waals surface area contributed by atoms with Crippen molar-refractivity contribution in [1.82, 2.24) is 9.88 Å². The van der Waals surface area contributed by atoms with Gasteiger partial charge < -0.3 is 9.88 Å². The summed E-state index contributed by atoms with van der Waals surface area (Å²) in [6, 6.07) is 0. The van der Waals surface area contributed by atoms with Crippen LogP contribution in [0.5, 0.6) is 0 Å². The first-order valence-corrected chi connectivity index (χ1v) is 6.10. The molecule has 1 aromatic rings. The Morgan fingerprint density at radius 2 is 2.12 bits per heavy atom. The molecule has 0 atom stereocenters. The maximum atomic E-state index is 11.9. The van der Waals surface area contributed by atoms with Gasteiger partial charge in [0.15, 0.2) is 0 Å². The molecular formula is C11H9IN2O2. The summed E-state index contributed by atoms with van der Waals surface area (Å²) in [4.78, 5) is 23.7. The van der Waals surface area contributed by atoms with E-state index in [0.29, 0.717) is 9.27 Å². The van der Waals surface area contributed by atoms with Crippen molar-refractivity contribution in [3.05, 3.63) is 26.6 Å². The van der Waals surface area contributed by atoms with E-state index in [9.17, 15) is 9.59 Å². The van der Waals surface area contributed by atoms with Crippen molar-refractivity contribution in [3.8, 4) is 0 Å². The third-order valence-electron chi connectivity index (χ3n) is 3.05. The molecule has 3 rings (SSSR count). The summed E-state index contributed by atoms with van der Waals surface area (Å²) >= 11 is 1.95. The summed E-state index contributed by atoms with van der Waals surface area (Å²) in [7, 11) is 1.81. The third-order valence-corrected chi connectivity index (χ3v) is 4.08. The molecule has 0 unspecified atom stereocenters. The van der Waals surface area contributed by atoms with Crippen LogP contribution in [0, 0.1) is 0 Å². The molecule has 0 radical (unpaired) electrons. The molecule has 0 fully saturated rings. The molecule has 4 nitrogen and oxygen atoms in total. The Labute approximate surface area is 106 Å². The van der Waals surface area contributed by atoms with E-state index in [4.69, 9.17) is 0 Å². The first-order valence-electron chi connectivity index (χ1n) is 5.02. The summed E-state index contributed by atoms with van der Waals surface area (Å²) in [6.07, 6.45) is 2.85. The molecule has 0 aromatic carbocycles. The highest BCUT2D eigenvalue weighted by Crippen LogP contribution is 2.36. The number of nitrogens with one attached hydrogen (secondary N) is 1. The van der Waals surface area contributed by atoms with Crippen LogP contribution in [0.25, 0.3) is 5.70 Å². The number of carbonyl (C=O) groups excluding carboxylic acids is 2. The fourth-order valence-electron chi connectivity index (χ4n) is 2.35. The number of hydrogen-bond acceptors (Lipinski definition) is 3. The lowest BCUT2D eigenvalue weighted by molar-refractivity contribution is -0.111. The minimum Gasteiger partial charge on any atom is -0.383 e. The molecule has 0 saturated carbocycles. The Hall–Kier alpha value is -1.11. The van der Waals surface area contributed by atoms with Crippen molar-refractivity contribution in [2.45, 2.75) is 6.42 Å². The van der Waals surface area contributed by atoms with Crippen LogP contribution in [0.3, 0.4) is 0 Å². The van der Waals surface area contributed by atoms with Gasteiger partial charge in [-0.25, -0.2) is 0 Å². The van der Waals surface area contributed by atoms with E-state index in [1.165, 1.54) is 0 Å². The Balaban J connectivity index is 2.41. The van der Waals surface area contributed by atoms with Crippen LogP contribution in [0.15, 0.2) is 9.78 Å². The van der Waals surface area contributed by atoms with Crippen LogP contribution in [-0.4, -0.2) is 22.7 Å². The van der Waals surface area contributed by atoms with E-state index in [1.807, 2.05) is 35.8 Å². The van der Waals surface area contributed by atoms with Gasteiger partial charge >= 0.3 is 0 Å². The number of nitrogens with zero attached hydrogens (tertiary/aromatic N) is 1. The van der Waals surface area contributed by atoms with E-state index in [-0.39, 0.29) is 5.78 Å². The van der Waals surface area contributed by atoms with E-state index in [0.717, 1.165) is 29.8 Å². The summed E-state index contributed by atoms with van der Waals surface area (Å²) in [6.45, 7) is 0.819. The molecule has 0 saturated heterocycles. The van der Waals surface area contributed by atoms with Gasteiger partial charge in [0.05, 0.1) is 9.28 Å². The number of halogens is 1. The smallest absolute Gasteiger partial charge is 0.251 e. The molecule has 0 bridgehead atoms. The Bertz CT molecular complexity index is 569. The van der Waals surface area contributed by atoms with Crippen LogP contribution in [0.4, 0.5) is 0 Å². The van der Waals surface area contributed by atoms with E-state index >= 15 is 0 Å². The third kappa shape index (κ3) is 1.09. The van der Waals surface area contributed by atoms with Gasteiger partial charge in [0.2, 0.25) is 5.78 Å². The normalized spacial score (nSPS) is 18.6. The number of aryl methyl sites for hydroxylation is 1. The Morgan fingerprint density at radius 3 is 2.88 bits per heavy atom. The molecule has 0 amide bonds. The Kier molecular flexibility index (Phi) is 2.01. The summed E-state index contributed by atoms with van der Waals surface area (Å²) in [5.41, 5.74) is 3.45. The number of allylic oxidation sites excluding steroid dienone is 1. The maximum absolute atomic E-state index is 11.9. The number of ketones is 2. The lowest BCUT2D eigenvalue weighted by Crippen LogP contribution is -2.31. The van der Waals surface area contributed by atoms with Crippen molar-refractivity contribution < 1.29 is 9.59 Å². The van der Waals surface area contributed by atoms with Crippen LogP contribution < -0.4 is 5.32 Å². The quantitative estimate of drug-likeness (QED) is 0.572. The number of hydrogen-bond donors (Lipinski definition) is 1. The van der Waals surface area contributed by atoms with Crippen molar-refractivity contribution in [2.75, 3.05) is 6.54 Å². The van der Waals surface area contributed by atoms with Gasteiger partial charge in [0.25, 0.3) is 5.78 Å². The molecule has 2 heterocycles. The molecule has 16 heavy (non-hydrogen) atoms. The Morgan fingerprint density at radius 1 is 1.38 bits per heavy atom. The zero-order chi connectivity index (χ0) is 11.4. The van der Waals surface area contributed by atoms with Crippen LogP contribution in [0.2, 0.25) is 0 Å². The lowest BCUT2D eigenvalue weighted by atomic mass is 9.93. The summed E-state index contributed by atoms with van der Waals surface area (Å²) in [5, 5.41) is 3.22. The number of rotatable bonds is 0. The highest BCUT2D eigenvalue weighted by molar-refractivity contribution is 14.1. The second-order valence-electron chi connectivity index (χ2n) is 4.01. The summed E-state index contributed by atoms with van der Waals surface area (Å²) in [5.74, 6) is -0.786. The maximum Gasteiger partial charge on any atom is 0.251 e. The van der Waals surface area contributed by atoms with Gasteiger partial charge in [-0.3, -0.25) is 9.59 Å². The van der Waals surface area contributed by atoms with Crippen LogP contribution >= 0.6 is 22.6 Å². The summed E-state index contributed by atoms with van der Waals surface area (Å²) < 4.78 is 2.28. The van der Waals surface area contributed by atoms with Crippen LogP contribution in [0.1, 0.15) is 21.6 Å². The van der Waals surface area contributed by atoms with Crippen molar-refractivity contribution in [2.24, 2.45) is 7.05 Å². The second-order valence-corrected chi connectivity index (χ2v) is 5.09. The molecule has 1 aliphatic carbocycles. The van der Waals surface area contributed by atoms with E-state index in [1.54, 1.807) is 4.57 Å². The number of aromatic nitrogens is 1. The first kappa shape index (κ1) is 10.1. The SMILES string of the molecule is Cn1cc2c3c1C(=O)C(=O)C(I)=C3NCC2. The van der Waals surface area contributed by atoms with Crippen molar-refractivity contribution in [1.29, 1.82) is 0 Å². The molecule has 1 aliphatic heterocycles. The average molecular weight is 328 g/mol. The van der Waals surface area contributed by atoms with Gasteiger partial charge in [0.1, 0.15) is 5.69 Å². The predicted molar refractivity (Wildman–Crippen MR) is 67.4 cm³/mol. The van der Waals surface area contributed by atoms with Gasteiger partial charge in [0, 0.05) is 25.4 Å². The zero-order valence-corrected chi connectivity index (χ0v) is 10.8. The van der Waals surface area contributed by atoms with Gasteiger partial charge in [-0.15, -0.1) is 0 Å². The first-order chi connectivity index (χ1) is 7.61. The average Bonchev–Trinajstić information content (AvgIpc) is 2.60. The molecule has 5 heteroatoms. The van der Waals surface area contributed by atoms with Crippen LogP contribution in [-0.2, 0) is 18.3 Å². The largest absolute Gasteiger partial charge is 0.383 e. The fourth-order valence-corrected chi connectivity index (χ4v) is 3.06. The lowest BCUT2D eigenvalue weighted by Gasteiger charge is -2.23. The number of Topliss-reactive ketones (excluding diaryl/α,β-unsaturated/α-hetero) is 2. The molecule has 1 N–H and O–H groups in total. The number of carbonyl (C=O) groups is 2. The highest BCUT2D eigenvalue weighted by Gasteiger charge is 2.37. The molecule has 1 aromatic heterocycles. The fraction of sp³-hybridized carbons (Fsp3) is 0.273. The van der Waals surface area contributed by atoms with Crippen molar-refractivity contribution >= 4 is 39.9 Å². The standard InChI is InChI=1S/C11H9IN2O2/c1-14-4-5-2-3-13-8-6(5)9(14)11(16)10(15)7(8)12/h4,13H,2-3H2,1H3. The topological polar surface area (TPSA) is 51.1 Å². The van der Waals surface area contributed by atoms with E-state index < -0.39 is 5.78 Å². The highest BCUT2D eigenvalue weighted by atomic mass is 127. The minimum atomic E-state index is -0.398. The van der Waals surface area contributed by atoms with Gasteiger partial charge in [-0.05, 0) is 34.6 Å². The van der Waals surface area contributed by atoms with Gasteiger partial charge in [-0.1, -0.05) is 0 Å². The molecule has 2 aliphatic rings. The minimum absolute atomic E-state index is 0.388. The molecule has 0 spiro atoms. The monoisotopic (exact) mass is 328 g/mol. The van der Waals surface area contributed by atoms with Gasteiger partial charge in [-0.2, -0.15) is 0 Å². The van der Waals surface area contributed by atoms with E-state index in [2.05, 4.69) is 5.32 Å². The van der Waals surface area contributed by atoms with Crippen molar-refractivity contribution in [3.63, 3.8) is 0 Å². The molecule has 82 valence electrons. The predicted octanol–water partition coefficient (Wildman–Crippen LogP) is 1.04. The second kappa shape index (κ2) is 3.19. The molecular weight excluding hydrogens is 319 g/mol. The zero-order valence-electron chi connectivity index (χ0n) is 8.63.